The van der Waals surface area contributed by atoms with Crippen LogP contribution in [0, 0.1) is 11.2 Å². The van der Waals surface area contributed by atoms with Gasteiger partial charge in [-0.1, -0.05) is 12.1 Å². The van der Waals surface area contributed by atoms with Crippen LogP contribution < -0.4 is 0 Å². The van der Waals surface area contributed by atoms with E-state index in [4.69, 9.17) is 4.74 Å². The van der Waals surface area contributed by atoms with E-state index in [1.54, 1.807) is 13.0 Å². The summed E-state index contributed by atoms with van der Waals surface area (Å²) in [4.78, 5) is 23.7. The first-order valence-corrected chi connectivity index (χ1v) is 5.83. The summed E-state index contributed by atoms with van der Waals surface area (Å²) >= 11 is 0. The second kappa shape index (κ2) is 5.76. The van der Waals surface area contributed by atoms with Crippen molar-refractivity contribution in [3.8, 4) is 0 Å². The molecule has 1 aromatic rings. The van der Waals surface area contributed by atoms with E-state index >= 15 is 0 Å². The van der Waals surface area contributed by atoms with Crippen LogP contribution in [0.15, 0.2) is 24.3 Å². The molecule has 1 aromatic carbocycles. The Balaban J connectivity index is 2.79. The SMILES string of the molecule is CCOC(=O)C(C)(C)C(=O)Cc1cccc(F)c1. The van der Waals surface area contributed by atoms with Gasteiger partial charge < -0.3 is 4.74 Å². The zero-order valence-electron chi connectivity index (χ0n) is 10.8. The fourth-order valence-electron chi connectivity index (χ4n) is 1.48. The fraction of sp³-hybridized carbons (Fsp3) is 0.429. The number of ketones is 1. The lowest BCUT2D eigenvalue weighted by molar-refractivity contribution is -0.157. The number of hydrogen-bond donors (Lipinski definition) is 0. The van der Waals surface area contributed by atoms with Crippen LogP contribution in [0.3, 0.4) is 0 Å². The molecule has 0 unspecified atom stereocenters. The summed E-state index contributed by atoms with van der Waals surface area (Å²) in [5.41, 5.74) is -0.653. The molecule has 3 nitrogen and oxygen atoms in total. The van der Waals surface area contributed by atoms with Crippen LogP contribution in [0.25, 0.3) is 0 Å². The summed E-state index contributed by atoms with van der Waals surface area (Å²) in [6.45, 7) is 4.96. The van der Waals surface area contributed by atoms with Gasteiger partial charge in [-0.25, -0.2) is 4.39 Å². The Kier molecular flexibility index (Phi) is 4.59. The number of halogens is 1. The van der Waals surface area contributed by atoms with Crippen LogP contribution in [-0.2, 0) is 20.7 Å². The molecule has 0 radical (unpaired) electrons. The highest BCUT2D eigenvalue weighted by molar-refractivity contribution is 6.03. The molecule has 0 amide bonds. The quantitative estimate of drug-likeness (QED) is 0.597. The Morgan fingerprint density at radius 3 is 2.56 bits per heavy atom. The maximum Gasteiger partial charge on any atom is 0.319 e. The van der Waals surface area contributed by atoms with Gasteiger partial charge in [-0.3, -0.25) is 9.59 Å². The smallest absolute Gasteiger partial charge is 0.319 e. The minimum atomic E-state index is -1.21. The molecule has 0 N–H and O–H groups in total. The molecule has 0 spiro atoms. The van der Waals surface area contributed by atoms with Gasteiger partial charge in [0.05, 0.1) is 6.61 Å². The maximum atomic E-state index is 13.0. The van der Waals surface area contributed by atoms with Crippen LogP contribution in [-0.4, -0.2) is 18.4 Å². The molecule has 0 aliphatic carbocycles. The minimum Gasteiger partial charge on any atom is -0.465 e. The van der Waals surface area contributed by atoms with Crippen molar-refractivity contribution in [1.29, 1.82) is 0 Å². The fourth-order valence-corrected chi connectivity index (χ4v) is 1.48. The zero-order valence-corrected chi connectivity index (χ0v) is 10.8. The van der Waals surface area contributed by atoms with E-state index < -0.39 is 17.2 Å². The second-order valence-corrected chi connectivity index (χ2v) is 4.58. The molecular formula is C14H17FO3. The van der Waals surface area contributed by atoms with E-state index in [2.05, 4.69) is 0 Å². The first kappa shape index (κ1) is 14.4. The second-order valence-electron chi connectivity index (χ2n) is 4.58. The molecule has 0 fully saturated rings. The molecule has 0 saturated heterocycles. The van der Waals surface area contributed by atoms with Crippen molar-refractivity contribution in [2.45, 2.75) is 27.2 Å². The van der Waals surface area contributed by atoms with Crippen molar-refractivity contribution in [3.05, 3.63) is 35.6 Å². The summed E-state index contributed by atoms with van der Waals surface area (Å²) in [7, 11) is 0. The van der Waals surface area contributed by atoms with Gasteiger partial charge in [-0.2, -0.15) is 0 Å². The first-order chi connectivity index (χ1) is 8.37. The van der Waals surface area contributed by atoms with Crippen molar-refractivity contribution < 1.29 is 18.7 Å². The lowest BCUT2D eigenvalue weighted by atomic mass is 9.85. The van der Waals surface area contributed by atoms with Gasteiger partial charge in [-0.15, -0.1) is 0 Å². The Morgan fingerprint density at radius 1 is 1.33 bits per heavy atom. The highest BCUT2D eigenvalue weighted by atomic mass is 19.1. The van der Waals surface area contributed by atoms with Gasteiger partial charge >= 0.3 is 5.97 Å². The van der Waals surface area contributed by atoms with Crippen LogP contribution in [0.2, 0.25) is 0 Å². The average molecular weight is 252 g/mol. The predicted molar refractivity (Wildman–Crippen MR) is 65.5 cm³/mol. The number of rotatable bonds is 5. The summed E-state index contributed by atoms with van der Waals surface area (Å²) in [5.74, 6) is -1.23. The third-order valence-electron chi connectivity index (χ3n) is 2.74. The first-order valence-electron chi connectivity index (χ1n) is 5.83. The van der Waals surface area contributed by atoms with Gasteiger partial charge in [0.25, 0.3) is 0 Å². The normalized spacial score (nSPS) is 11.1. The Morgan fingerprint density at radius 2 is 2.00 bits per heavy atom. The average Bonchev–Trinajstić information content (AvgIpc) is 2.29. The van der Waals surface area contributed by atoms with Crippen LogP contribution in [0.4, 0.5) is 4.39 Å². The molecule has 0 aliphatic heterocycles. The van der Waals surface area contributed by atoms with Gasteiger partial charge in [0.15, 0.2) is 5.78 Å². The van der Waals surface area contributed by atoms with Gasteiger partial charge in [0.1, 0.15) is 11.2 Å². The Hall–Kier alpha value is -1.71. The zero-order chi connectivity index (χ0) is 13.8. The van der Waals surface area contributed by atoms with Crippen molar-refractivity contribution in [3.63, 3.8) is 0 Å². The number of hydrogen-bond acceptors (Lipinski definition) is 3. The van der Waals surface area contributed by atoms with E-state index in [1.807, 2.05) is 0 Å². The lowest BCUT2D eigenvalue weighted by Gasteiger charge is -2.20. The van der Waals surface area contributed by atoms with Crippen molar-refractivity contribution >= 4 is 11.8 Å². The van der Waals surface area contributed by atoms with Crippen molar-refractivity contribution in [1.82, 2.24) is 0 Å². The summed E-state index contributed by atoms with van der Waals surface area (Å²) < 4.78 is 17.8. The minimum absolute atomic E-state index is 0.0174. The number of ether oxygens (including phenoxy) is 1. The molecule has 18 heavy (non-hydrogen) atoms. The molecule has 0 heterocycles. The van der Waals surface area contributed by atoms with E-state index in [9.17, 15) is 14.0 Å². The highest BCUT2D eigenvalue weighted by Gasteiger charge is 2.36. The molecule has 98 valence electrons. The topological polar surface area (TPSA) is 43.4 Å². The number of Topliss-reactive ketones (excluding diaryl/α,β-unsaturated/α-hetero) is 1. The van der Waals surface area contributed by atoms with Crippen LogP contribution in [0.1, 0.15) is 26.3 Å². The summed E-state index contributed by atoms with van der Waals surface area (Å²) in [5, 5.41) is 0. The molecule has 1 rings (SSSR count). The van der Waals surface area contributed by atoms with Gasteiger partial charge in [0.2, 0.25) is 0 Å². The molecular weight excluding hydrogens is 235 g/mol. The highest BCUT2D eigenvalue weighted by Crippen LogP contribution is 2.21. The number of benzene rings is 1. The standard InChI is InChI=1S/C14H17FO3/c1-4-18-13(17)14(2,3)12(16)9-10-6-5-7-11(15)8-10/h5-8H,4,9H2,1-3H3. The molecule has 0 saturated carbocycles. The van der Waals surface area contributed by atoms with E-state index in [1.165, 1.54) is 32.0 Å². The monoisotopic (exact) mass is 252 g/mol. The van der Waals surface area contributed by atoms with Gasteiger partial charge in [-0.05, 0) is 38.5 Å². The number of carbonyl (C=O) groups excluding carboxylic acids is 2. The van der Waals surface area contributed by atoms with E-state index in [0.717, 1.165) is 0 Å². The Labute approximate surface area is 106 Å². The van der Waals surface area contributed by atoms with Crippen LogP contribution in [0.5, 0.6) is 0 Å². The van der Waals surface area contributed by atoms with Crippen molar-refractivity contribution in [2.24, 2.45) is 5.41 Å². The van der Waals surface area contributed by atoms with Crippen LogP contribution >= 0.6 is 0 Å². The predicted octanol–water partition coefficient (Wildman–Crippen LogP) is 2.53. The number of esters is 1. The third-order valence-corrected chi connectivity index (χ3v) is 2.74. The van der Waals surface area contributed by atoms with E-state index in [-0.39, 0.29) is 18.8 Å². The lowest BCUT2D eigenvalue weighted by Crippen LogP contribution is -2.36. The largest absolute Gasteiger partial charge is 0.465 e. The molecule has 0 bridgehead atoms. The van der Waals surface area contributed by atoms with Crippen molar-refractivity contribution in [2.75, 3.05) is 6.61 Å². The third kappa shape index (κ3) is 3.39. The molecule has 4 heteroatoms. The molecule has 0 aliphatic rings. The van der Waals surface area contributed by atoms with Gasteiger partial charge in [0, 0.05) is 6.42 Å². The molecule has 0 aromatic heterocycles. The summed E-state index contributed by atoms with van der Waals surface area (Å²) in [6.07, 6.45) is 0.0174. The molecule has 0 atom stereocenters. The van der Waals surface area contributed by atoms with E-state index in [0.29, 0.717) is 5.56 Å². The summed E-state index contributed by atoms with van der Waals surface area (Å²) in [6, 6.07) is 5.79. The Bertz CT molecular complexity index is 452. The number of carbonyl (C=O) groups is 2. The maximum absolute atomic E-state index is 13.0.